The summed E-state index contributed by atoms with van der Waals surface area (Å²) in [5.74, 6) is 0.735. The van der Waals surface area contributed by atoms with E-state index in [2.05, 4.69) is 17.4 Å². The number of nitrogens with one attached hydrogen (secondary N) is 1. The SMILES string of the molecule is CC(CO)(CO)C(c1ccccc1)C1CCNCC1. The lowest BCUT2D eigenvalue weighted by molar-refractivity contribution is 0.0220. The highest BCUT2D eigenvalue weighted by molar-refractivity contribution is 5.23. The lowest BCUT2D eigenvalue weighted by atomic mass is 9.65. The fourth-order valence-electron chi connectivity index (χ4n) is 3.33. The Morgan fingerprint density at radius 1 is 1.16 bits per heavy atom. The van der Waals surface area contributed by atoms with Crippen molar-refractivity contribution in [3.8, 4) is 0 Å². The lowest BCUT2D eigenvalue weighted by Gasteiger charge is -2.42. The minimum absolute atomic E-state index is 0.0208. The Hall–Kier alpha value is -0.900. The van der Waals surface area contributed by atoms with Crippen LogP contribution in [0.3, 0.4) is 0 Å². The third-order valence-corrected chi connectivity index (χ3v) is 4.49. The van der Waals surface area contributed by atoms with Crippen LogP contribution in [0.5, 0.6) is 0 Å². The molecule has 3 nitrogen and oxygen atoms in total. The Morgan fingerprint density at radius 3 is 2.26 bits per heavy atom. The van der Waals surface area contributed by atoms with Gasteiger partial charge in [0.15, 0.2) is 0 Å². The van der Waals surface area contributed by atoms with E-state index in [1.165, 1.54) is 5.56 Å². The Balaban J connectivity index is 2.32. The van der Waals surface area contributed by atoms with E-state index in [1.54, 1.807) is 0 Å². The molecule has 1 unspecified atom stereocenters. The molecule has 19 heavy (non-hydrogen) atoms. The van der Waals surface area contributed by atoms with Crippen molar-refractivity contribution in [2.75, 3.05) is 26.3 Å². The van der Waals surface area contributed by atoms with Gasteiger partial charge < -0.3 is 15.5 Å². The second-order valence-corrected chi connectivity index (χ2v) is 5.95. The summed E-state index contributed by atoms with van der Waals surface area (Å²) in [7, 11) is 0. The van der Waals surface area contributed by atoms with Gasteiger partial charge >= 0.3 is 0 Å². The van der Waals surface area contributed by atoms with Gasteiger partial charge in [0, 0.05) is 5.41 Å². The van der Waals surface area contributed by atoms with Crippen LogP contribution in [0.2, 0.25) is 0 Å². The quantitative estimate of drug-likeness (QED) is 0.759. The first kappa shape index (κ1) is 14.5. The summed E-state index contributed by atoms with van der Waals surface area (Å²) >= 11 is 0. The van der Waals surface area contributed by atoms with Crippen LogP contribution < -0.4 is 5.32 Å². The van der Waals surface area contributed by atoms with Crippen LogP contribution in [0.1, 0.15) is 31.2 Å². The number of hydrogen-bond acceptors (Lipinski definition) is 3. The van der Waals surface area contributed by atoms with Crippen molar-refractivity contribution in [2.45, 2.75) is 25.7 Å². The minimum atomic E-state index is -0.455. The molecule has 106 valence electrons. The number of piperidine rings is 1. The van der Waals surface area contributed by atoms with Crippen LogP contribution in [0.4, 0.5) is 0 Å². The first-order valence-corrected chi connectivity index (χ1v) is 7.18. The maximum atomic E-state index is 9.77. The maximum Gasteiger partial charge on any atom is 0.0512 e. The first-order chi connectivity index (χ1) is 9.21. The van der Waals surface area contributed by atoms with Gasteiger partial charge in [-0.3, -0.25) is 0 Å². The number of benzene rings is 1. The molecular weight excluding hydrogens is 238 g/mol. The Bertz CT molecular complexity index is 370. The molecule has 1 fully saturated rings. The third-order valence-electron chi connectivity index (χ3n) is 4.49. The van der Waals surface area contributed by atoms with Crippen LogP contribution in [0, 0.1) is 11.3 Å². The van der Waals surface area contributed by atoms with Gasteiger partial charge in [0.1, 0.15) is 0 Å². The van der Waals surface area contributed by atoms with Gasteiger partial charge in [0.25, 0.3) is 0 Å². The molecule has 1 aliphatic heterocycles. The fourth-order valence-corrected chi connectivity index (χ4v) is 3.33. The summed E-state index contributed by atoms with van der Waals surface area (Å²) in [5.41, 5.74) is 0.781. The summed E-state index contributed by atoms with van der Waals surface area (Å²) in [6.07, 6.45) is 2.21. The molecular formula is C16H25NO2. The van der Waals surface area contributed by atoms with E-state index in [0.29, 0.717) is 5.92 Å². The molecule has 1 saturated heterocycles. The molecule has 3 N–H and O–H groups in total. The zero-order valence-corrected chi connectivity index (χ0v) is 11.7. The van der Waals surface area contributed by atoms with Crippen molar-refractivity contribution in [3.63, 3.8) is 0 Å². The summed E-state index contributed by atoms with van der Waals surface area (Å²) in [6, 6.07) is 10.3. The average molecular weight is 263 g/mol. The standard InChI is InChI=1S/C16H25NO2/c1-16(11-18,12-19)15(13-5-3-2-4-6-13)14-7-9-17-10-8-14/h2-6,14-15,17-19H,7-12H2,1H3. The van der Waals surface area contributed by atoms with Gasteiger partial charge in [-0.2, -0.15) is 0 Å². The third kappa shape index (κ3) is 3.16. The topological polar surface area (TPSA) is 52.5 Å². The molecule has 1 heterocycles. The van der Waals surface area contributed by atoms with Gasteiger partial charge in [0.05, 0.1) is 13.2 Å². The van der Waals surface area contributed by atoms with E-state index in [1.807, 2.05) is 25.1 Å². The van der Waals surface area contributed by atoms with Crippen LogP contribution in [-0.2, 0) is 0 Å². The summed E-state index contributed by atoms with van der Waals surface area (Å²) in [6.45, 7) is 4.09. The zero-order valence-electron chi connectivity index (χ0n) is 11.7. The summed E-state index contributed by atoms with van der Waals surface area (Å²) in [4.78, 5) is 0. The highest BCUT2D eigenvalue weighted by Gasteiger charge is 2.39. The lowest BCUT2D eigenvalue weighted by Crippen LogP contribution is -2.41. The molecule has 2 rings (SSSR count). The van der Waals surface area contributed by atoms with Crippen molar-refractivity contribution in [1.82, 2.24) is 5.32 Å². The van der Waals surface area contributed by atoms with Gasteiger partial charge in [-0.15, -0.1) is 0 Å². The highest BCUT2D eigenvalue weighted by Crippen LogP contribution is 2.44. The maximum absolute atomic E-state index is 9.77. The molecule has 1 aromatic carbocycles. The minimum Gasteiger partial charge on any atom is -0.396 e. The van der Waals surface area contributed by atoms with E-state index in [-0.39, 0.29) is 19.1 Å². The van der Waals surface area contributed by atoms with E-state index < -0.39 is 5.41 Å². The predicted molar refractivity (Wildman–Crippen MR) is 77.1 cm³/mol. The van der Waals surface area contributed by atoms with Crippen molar-refractivity contribution >= 4 is 0 Å². The van der Waals surface area contributed by atoms with E-state index >= 15 is 0 Å². The number of aliphatic hydroxyl groups excluding tert-OH is 2. The molecule has 0 bridgehead atoms. The molecule has 0 spiro atoms. The van der Waals surface area contributed by atoms with Crippen LogP contribution >= 0.6 is 0 Å². The van der Waals surface area contributed by atoms with Gasteiger partial charge in [-0.05, 0) is 43.3 Å². The van der Waals surface area contributed by atoms with Crippen LogP contribution in [0.25, 0.3) is 0 Å². The highest BCUT2D eigenvalue weighted by atomic mass is 16.3. The van der Waals surface area contributed by atoms with E-state index in [0.717, 1.165) is 25.9 Å². The summed E-state index contributed by atoms with van der Waals surface area (Å²) in [5, 5.41) is 22.9. The average Bonchev–Trinajstić information content (AvgIpc) is 2.49. The van der Waals surface area contributed by atoms with Crippen molar-refractivity contribution in [2.24, 2.45) is 11.3 Å². The second kappa shape index (κ2) is 6.51. The van der Waals surface area contributed by atoms with Gasteiger partial charge in [0.2, 0.25) is 0 Å². The normalized spacial score (nSPS) is 19.3. The smallest absolute Gasteiger partial charge is 0.0512 e. The van der Waals surface area contributed by atoms with E-state index in [4.69, 9.17) is 0 Å². The molecule has 0 aliphatic carbocycles. The molecule has 0 radical (unpaired) electrons. The predicted octanol–water partition coefficient (Wildman–Crippen LogP) is 1.76. The monoisotopic (exact) mass is 263 g/mol. The van der Waals surface area contributed by atoms with Crippen molar-refractivity contribution in [1.29, 1.82) is 0 Å². The zero-order chi connectivity index (χ0) is 13.7. The number of rotatable bonds is 5. The Labute approximate surface area is 115 Å². The molecule has 1 aromatic rings. The van der Waals surface area contributed by atoms with Crippen LogP contribution in [-0.4, -0.2) is 36.5 Å². The Kier molecular flexibility index (Phi) is 4.97. The number of hydrogen-bond donors (Lipinski definition) is 3. The Morgan fingerprint density at radius 2 is 1.74 bits per heavy atom. The van der Waals surface area contributed by atoms with Crippen molar-refractivity contribution < 1.29 is 10.2 Å². The fraction of sp³-hybridized carbons (Fsp3) is 0.625. The number of aliphatic hydroxyl groups is 2. The first-order valence-electron chi connectivity index (χ1n) is 7.18. The molecule has 1 atom stereocenters. The molecule has 0 aromatic heterocycles. The summed E-state index contributed by atoms with van der Waals surface area (Å²) < 4.78 is 0. The van der Waals surface area contributed by atoms with Crippen molar-refractivity contribution in [3.05, 3.63) is 35.9 Å². The second-order valence-electron chi connectivity index (χ2n) is 5.95. The van der Waals surface area contributed by atoms with E-state index in [9.17, 15) is 10.2 Å². The van der Waals surface area contributed by atoms with Gasteiger partial charge in [-0.25, -0.2) is 0 Å². The van der Waals surface area contributed by atoms with Crippen LogP contribution in [0.15, 0.2) is 30.3 Å². The largest absolute Gasteiger partial charge is 0.396 e. The molecule has 1 aliphatic rings. The molecule has 0 amide bonds. The molecule has 0 saturated carbocycles. The molecule has 3 heteroatoms. The van der Waals surface area contributed by atoms with Gasteiger partial charge in [-0.1, -0.05) is 37.3 Å².